The number of aliphatic carboxylic acids is 1. The summed E-state index contributed by atoms with van der Waals surface area (Å²) in [4.78, 5) is 15.2. The van der Waals surface area contributed by atoms with Crippen LogP contribution >= 0.6 is 11.8 Å². The van der Waals surface area contributed by atoms with Crippen molar-refractivity contribution in [2.75, 3.05) is 19.0 Å². The highest BCUT2D eigenvalue weighted by molar-refractivity contribution is 7.99. The first kappa shape index (κ1) is 14.9. The van der Waals surface area contributed by atoms with Crippen molar-refractivity contribution in [1.82, 2.24) is 9.55 Å². The van der Waals surface area contributed by atoms with E-state index < -0.39 is 5.97 Å². The highest BCUT2D eigenvalue weighted by Crippen LogP contribution is 2.24. The first-order valence-electron chi connectivity index (χ1n) is 6.51. The van der Waals surface area contributed by atoms with E-state index in [1.54, 1.807) is 0 Å². The second-order valence-electron chi connectivity index (χ2n) is 4.42. The first-order chi connectivity index (χ1) is 9.61. The fourth-order valence-corrected chi connectivity index (χ4v) is 2.72. The molecule has 0 unspecified atom stereocenters. The van der Waals surface area contributed by atoms with Crippen molar-refractivity contribution in [3.05, 3.63) is 23.8 Å². The van der Waals surface area contributed by atoms with Crippen molar-refractivity contribution in [2.24, 2.45) is 0 Å². The summed E-state index contributed by atoms with van der Waals surface area (Å²) in [5.41, 5.74) is 3.07. The smallest absolute Gasteiger partial charge is 0.313 e. The third-order valence-electron chi connectivity index (χ3n) is 2.86. The van der Waals surface area contributed by atoms with E-state index in [1.165, 1.54) is 11.8 Å². The molecule has 0 atom stereocenters. The molecule has 20 heavy (non-hydrogen) atoms. The molecule has 0 saturated heterocycles. The maximum Gasteiger partial charge on any atom is 0.313 e. The Kier molecular flexibility index (Phi) is 5.03. The van der Waals surface area contributed by atoms with E-state index in [-0.39, 0.29) is 5.75 Å². The van der Waals surface area contributed by atoms with Crippen LogP contribution in [0.5, 0.6) is 0 Å². The van der Waals surface area contributed by atoms with Gasteiger partial charge in [-0.3, -0.25) is 4.79 Å². The number of aromatic nitrogens is 2. The number of hydrogen-bond donors (Lipinski definition) is 1. The van der Waals surface area contributed by atoms with Gasteiger partial charge in [0, 0.05) is 13.2 Å². The predicted molar refractivity (Wildman–Crippen MR) is 79.3 cm³/mol. The number of fused-ring (bicyclic) bond motifs is 1. The van der Waals surface area contributed by atoms with Gasteiger partial charge in [-0.15, -0.1) is 0 Å². The molecule has 2 rings (SSSR count). The van der Waals surface area contributed by atoms with Crippen molar-refractivity contribution < 1.29 is 14.6 Å². The SMILES string of the molecule is CCOCCn1c(SCC(=O)O)nc2ccc(C)cc21. The molecular weight excluding hydrogens is 276 g/mol. The van der Waals surface area contributed by atoms with Crippen LogP contribution in [0.4, 0.5) is 0 Å². The van der Waals surface area contributed by atoms with Crippen LogP contribution in [0.2, 0.25) is 0 Å². The van der Waals surface area contributed by atoms with Gasteiger partial charge in [0.1, 0.15) is 0 Å². The van der Waals surface area contributed by atoms with Crippen LogP contribution in [0.15, 0.2) is 23.4 Å². The minimum absolute atomic E-state index is 0.0109. The van der Waals surface area contributed by atoms with E-state index in [4.69, 9.17) is 9.84 Å². The Bertz CT molecular complexity index is 610. The number of ether oxygens (including phenoxy) is 1. The van der Waals surface area contributed by atoms with E-state index in [0.29, 0.717) is 19.8 Å². The van der Waals surface area contributed by atoms with Gasteiger partial charge in [-0.05, 0) is 31.5 Å². The number of carbonyl (C=O) groups is 1. The zero-order valence-electron chi connectivity index (χ0n) is 11.6. The summed E-state index contributed by atoms with van der Waals surface area (Å²) in [7, 11) is 0. The van der Waals surface area contributed by atoms with Gasteiger partial charge in [0.05, 0.1) is 23.4 Å². The molecule has 1 aromatic heterocycles. The van der Waals surface area contributed by atoms with Gasteiger partial charge in [-0.25, -0.2) is 4.98 Å². The molecule has 0 spiro atoms. The van der Waals surface area contributed by atoms with Crippen molar-refractivity contribution in [3.8, 4) is 0 Å². The van der Waals surface area contributed by atoms with Gasteiger partial charge < -0.3 is 14.4 Å². The third-order valence-corrected chi connectivity index (χ3v) is 3.82. The van der Waals surface area contributed by atoms with Crippen molar-refractivity contribution >= 4 is 28.8 Å². The minimum atomic E-state index is -0.838. The number of hydrogen-bond acceptors (Lipinski definition) is 4. The molecule has 0 amide bonds. The Morgan fingerprint density at radius 3 is 3.00 bits per heavy atom. The van der Waals surface area contributed by atoms with E-state index in [1.807, 2.05) is 30.5 Å². The zero-order valence-corrected chi connectivity index (χ0v) is 12.4. The van der Waals surface area contributed by atoms with Crippen LogP contribution < -0.4 is 0 Å². The molecule has 0 radical (unpaired) electrons. The first-order valence-corrected chi connectivity index (χ1v) is 7.49. The van der Waals surface area contributed by atoms with Crippen LogP contribution in [0.3, 0.4) is 0 Å². The molecule has 0 aliphatic heterocycles. The Hall–Kier alpha value is -1.53. The molecule has 0 saturated carbocycles. The Labute approximate surface area is 121 Å². The van der Waals surface area contributed by atoms with E-state index in [9.17, 15) is 4.79 Å². The summed E-state index contributed by atoms with van der Waals surface area (Å²) >= 11 is 1.24. The highest BCUT2D eigenvalue weighted by Gasteiger charge is 2.12. The highest BCUT2D eigenvalue weighted by atomic mass is 32.2. The second-order valence-corrected chi connectivity index (χ2v) is 5.36. The van der Waals surface area contributed by atoms with Crippen LogP contribution in [-0.2, 0) is 16.1 Å². The fraction of sp³-hybridized carbons (Fsp3) is 0.429. The predicted octanol–water partition coefficient (Wildman–Crippen LogP) is 2.56. The number of nitrogens with zero attached hydrogens (tertiary/aromatic N) is 2. The maximum atomic E-state index is 10.7. The average molecular weight is 294 g/mol. The lowest BCUT2D eigenvalue weighted by atomic mass is 10.2. The topological polar surface area (TPSA) is 64.3 Å². The molecular formula is C14H18N2O3S. The molecule has 0 fully saturated rings. The van der Waals surface area contributed by atoms with Crippen LogP contribution in [0.25, 0.3) is 11.0 Å². The number of imidazole rings is 1. The lowest BCUT2D eigenvalue weighted by Crippen LogP contribution is -2.08. The van der Waals surface area contributed by atoms with Gasteiger partial charge >= 0.3 is 5.97 Å². The quantitative estimate of drug-likeness (QED) is 0.628. The Balaban J connectivity index is 2.32. The summed E-state index contributed by atoms with van der Waals surface area (Å²) in [5, 5.41) is 9.55. The van der Waals surface area contributed by atoms with Crippen LogP contribution in [-0.4, -0.2) is 39.6 Å². The Morgan fingerprint density at radius 2 is 2.30 bits per heavy atom. The standard InChI is InChI=1S/C14H18N2O3S/c1-3-19-7-6-16-12-8-10(2)4-5-11(12)15-14(16)20-9-13(17)18/h4-5,8H,3,6-7,9H2,1-2H3,(H,17,18). The maximum absolute atomic E-state index is 10.7. The zero-order chi connectivity index (χ0) is 14.5. The number of aryl methyl sites for hydroxylation is 1. The average Bonchev–Trinajstić information content (AvgIpc) is 2.74. The monoisotopic (exact) mass is 294 g/mol. The van der Waals surface area contributed by atoms with E-state index >= 15 is 0 Å². The van der Waals surface area contributed by atoms with Crippen molar-refractivity contribution in [1.29, 1.82) is 0 Å². The lowest BCUT2D eigenvalue weighted by Gasteiger charge is -2.08. The van der Waals surface area contributed by atoms with Gasteiger partial charge in [0.2, 0.25) is 0 Å². The molecule has 1 N–H and O–H groups in total. The van der Waals surface area contributed by atoms with E-state index in [0.717, 1.165) is 21.8 Å². The number of thioether (sulfide) groups is 1. The molecule has 5 nitrogen and oxygen atoms in total. The molecule has 1 heterocycles. The molecule has 108 valence electrons. The lowest BCUT2D eigenvalue weighted by molar-refractivity contribution is -0.133. The van der Waals surface area contributed by atoms with Gasteiger partial charge in [-0.2, -0.15) is 0 Å². The summed E-state index contributed by atoms with van der Waals surface area (Å²) in [6.45, 7) is 5.93. The molecule has 6 heteroatoms. The van der Waals surface area contributed by atoms with Gasteiger partial charge in [0.25, 0.3) is 0 Å². The van der Waals surface area contributed by atoms with Crippen LogP contribution in [0.1, 0.15) is 12.5 Å². The largest absolute Gasteiger partial charge is 0.481 e. The summed E-state index contributed by atoms with van der Waals surface area (Å²) in [6, 6.07) is 6.04. The Morgan fingerprint density at radius 1 is 1.50 bits per heavy atom. The normalized spacial score (nSPS) is 11.1. The number of benzene rings is 1. The third kappa shape index (κ3) is 3.52. The van der Waals surface area contributed by atoms with Crippen LogP contribution in [0, 0.1) is 6.92 Å². The molecule has 0 bridgehead atoms. The number of carboxylic acid groups (broad SMARTS) is 1. The van der Waals surface area contributed by atoms with Gasteiger partial charge in [-0.1, -0.05) is 17.8 Å². The molecule has 0 aliphatic carbocycles. The summed E-state index contributed by atoms with van der Waals surface area (Å²) < 4.78 is 7.43. The van der Waals surface area contributed by atoms with Gasteiger partial charge in [0.15, 0.2) is 5.16 Å². The van der Waals surface area contributed by atoms with Crippen molar-refractivity contribution in [2.45, 2.75) is 25.5 Å². The summed E-state index contributed by atoms with van der Waals surface area (Å²) in [5.74, 6) is -0.827. The summed E-state index contributed by atoms with van der Waals surface area (Å²) in [6.07, 6.45) is 0. The fourth-order valence-electron chi connectivity index (χ4n) is 1.96. The number of carboxylic acids is 1. The minimum Gasteiger partial charge on any atom is -0.481 e. The van der Waals surface area contributed by atoms with E-state index in [2.05, 4.69) is 11.1 Å². The molecule has 2 aromatic rings. The second kappa shape index (κ2) is 6.76. The number of rotatable bonds is 7. The molecule has 0 aliphatic rings. The van der Waals surface area contributed by atoms with Crippen molar-refractivity contribution in [3.63, 3.8) is 0 Å². The molecule has 1 aromatic carbocycles.